The lowest BCUT2D eigenvalue weighted by Crippen LogP contribution is -2.39. The second-order valence-electron chi connectivity index (χ2n) is 5.31. The van der Waals surface area contributed by atoms with Gasteiger partial charge >= 0.3 is 5.97 Å². The Morgan fingerprint density at radius 3 is 2.33 bits per heavy atom. The van der Waals surface area contributed by atoms with E-state index in [1.807, 2.05) is 6.92 Å². The summed E-state index contributed by atoms with van der Waals surface area (Å²) >= 11 is 0. The van der Waals surface area contributed by atoms with Gasteiger partial charge in [0.05, 0.1) is 6.61 Å². The molecule has 0 aromatic heterocycles. The van der Waals surface area contributed by atoms with Crippen LogP contribution >= 0.6 is 0 Å². The first-order chi connectivity index (χ1) is 8.61. The summed E-state index contributed by atoms with van der Waals surface area (Å²) in [6, 6.07) is -0.117. The number of rotatable bonds is 11. The van der Waals surface area contributed by atoms with Crippen molar-refractivity contribution in [3.8, 4) is 0 Å². The number of carbonyl (C=O) groups excluding carboxylic acids is 1. The van der Waals surface area contributed by atoms with Crippen LogP contribution in [0.2, 0.25) is 0 Å². The van der Waals surface area contributed by atoms with Crippen LogP contribution in [0.1, 0.15) is 66.2 Å². The molecule has 0 saturated heterocycles. The number of ether oxygens (including phenoxy) is 1. The van der Waals surface area contributed by atoms with E-state index >= 15 is 0 Å². The Kier molecular flexibility index (Phi) is 11.2. The molecule has 0 aliphatic rings. The third kappa shape index (κ3) is 9.46. The molecule has 0 aliphatic heterocycles. The van der Waals surface area contributed by atoms with Gasteiger partial charge in [0.15, 0.2) is 0 Å². The zero-order valence-corrected chi connectivity index (χ0v) is 12.6. The van der Waals surface area contributed by atoms with Crippen molar-refractivity contribution in [2.75, 3.05) is 13.2 Å². The molecule has 0 bridgehead atoms. The van der Waals surface area contributed by atoms with Gasteiger partial charge in [0.2, 0.25) is 0 Å². The maximum atomic E-state index is 11.8. The second kappa shape index (κ2) is 11.5. The maximum Gasteiger partial charge on any atom is 0.323 e. The lowest BCUT2D eigenvalue weighted by Gasteiger charge is -2.18. The number of esters is 1. The van der Waals surface area contributed by atoms with Gasteiger partial charge in [0.1, 0.15) is 6.04 Å². The van der Waals surface area contributed by atoms with Crippen LogP contribution in [0.3, 0.4) is 0 Å². The molecule has 1 N–H and O–H groups in total. The SMILES string of the molecule is CCCCCCCC(NCC(C)C)C(=O)OCC. The standard InChI is InChI=1S/C15H31NO2/c1-5-7-8-9-10-11-14(15(17)18-6-2)16-12-13(3)4/h13-14,16H,5-12H2,1-4H3. The van der Waals surface area contributed by atoms with Crippen molar-refractivity contribution in [2.45, 2.75) is 72.3 Å². The zero-order chi connectivity index (χ0) is 13.8. The molecule has 0 aliphatic carbocycles. The van der Waals surface area contributed by atoms with E-state index in [-0.39, 0.29) is 12.0 Å². The van der Waals surface area contributed by atoms with Gasteiger partial charge in [-0.25, -0.2) is 0 Å². The molecule has 0 fully saturated rings. The maximum absolute atomic E-state index is 11.8. The number of hydrogen-bond acceptors (Lipinski definition) is 3. The van der Waals surface area contributed by atoms with E-state index in [4.69, 9.17) is 4.74 Å². The van der Waals surface area contributed by atoms with Gasteiger partial charge in [0, 0.05) is 0 Å². The smallest absolute Gasteiger partial charge is 0.323 e. The highest BCUT2D eigenvalue weighted by Crippen LogP contribution is 2.09. The molecule has 0 aromatic carbocycles. The Labute approximate surface area is 113 Å². The molecule has 0 rings (SSSR count). The summed E-state index contributed by atoms with van der Waals surface area (Å²) < 4.78 is 5.11. The van der Waals surface area contributed by atoms with E-state index in [0.717, 1.165) is 19.4 Å². The van der Waals surface area contributed by atoms with Crippen LogP contribution in [0.25, 0.3) is 0 Å². The Morgan fingerprint density at radius 1 is 1.11 bits per heavy atom. The Bertz CT molecular complexity index is 205. The van der Waals surface area contributed by atoms with Crippen LogP contribution in [0.4, 0.5) is 0 Å². The molecule has 0 spiro atoms. The van der Waals surface area contributed by atoms with Crippen LogP contribution in [-0.4, -0.2) is 25.2 Å². The van der Waals surface area contributed by atoms with Gasteiger partial charge in [-0.15, -0.1) is 0 Å². The average Bonchev–Trinajstić information content (AvgIpc) is 2.32. The zero-order valence-electron chi connectivity index (χ0n) is 12.6. The molecule has 1 unspecified atom stereocenters. The average molecular weight is 257 g/mol. The van der Waals surface area contributed by atoms with E-state index in [9.17, 15) is 4.79 Å². The minimum absolute atomic E-state index is 0.0892. The minimum atomic E-state index is -0.117. The lowest BCUT2D eigenvalue weighted by atomic mass is 10.1. The highest BCUT2D eigenvalue weighted by molar-refractivity contribution is 5.75. The second-order valence-corrected chi connectivity index (χ2v) is 5.31. The molecule has 1 atom stereocenters. The topological polar surface area (TPSA) is 38.3 Å². The van der Waals surface area contributed by atoms with Gasteiger partial charge < -0.3 is 10.1 Å². The van der Waals surface area contributed by atoms with Crippen LogP contribution in [0, 0.1) is 5.92 Å². The Hall–Kier alpha value is -0.570. The van der Waals surface area contributed by atoms with Crippen molar-refractivity contribution in [2.24, 2.45) is 5.92 Å². The van der Waals surface area contributed by atoms with E-state index in [1.165, 1.54) is 25.7 Å². The fourth-order valence-corrected chi connectivity index (χ4v) is 1.88. The molecule has 0 heterocycles. The summed E-state index contributed by atoms with van der Waals surface area (Å²) in [6.45, 7) is 9.71. The molecule has 0 amide bonds. The van der Waals surface area contributed by atoms with Gasteiger partial charge in [-0.05, 0) is 25.8 Å². The Morgan fingerprint density at radius 2 is 1.78 bits per heavy atom. The van der Waals surface area contributed by atoms with Crippen molar-refractivity contribution in [3.63, 3.8) is 0 Å². The molecule has 3 nitrogen and oxygen atoms in total. The van der Waals surface area contributed by atoms with Crippen molar-refractivity contribution in [1.82, 2.24) is 5.32 Å². The predicted octanol–water partition coefficient (Wildman–Crippen LogP) is 3.52. The largest absolute Gasteiger partial charge is 0.465 e. The minimum Gasteiger partial charge on any atom is -0.465 e. The summed E-state index contributed by atoms with van der Waals surface area (Å²) in [7, 11) is 0. The van der Waals surface area contributed by atoms with Crippen molar-refractivity contribution in [1.29, 1.82) is 0 Å². The van der Waals surface area contributed by atoms with Crippen molar-refractivity contribution < 1.29 is 9.53 Å². The monoisotopic (exact) mass is 257 g/mol. The first-order valence-corrected chi connectivity index (χ1v) is 7.51. The first-order valence-electron chi connectivity index (χ1n) is 7.51. The fraction of sp³-hybridized carbons (Fsp3) is 0.933. The summed E-state index contributed by atoms with van der Waals surface area (Å²) in [5.41, 5.74) is 0. The van der Waals surface area contributed by atoms with E-state index in [0.29, 0.717) is 12.5 Å². The van der Waals surface area contributed by atoms with Crippen LogP contribution in [0.15, 0.2) is 0 Å². The highest BCUT2D eigenvalue weighted by atomic mass is 16.5. The fourth-order valence-electron chi connectivity index (χ4n) is 1.88. The molecule has 0 aromatic rings. The molecule has 0 radical (unpaired) electrons. The van der Waals surface area contributed by atoms with Crippen LogP contribution in [0.5, 0.6) is 0 Å². The van der Waals surface area contributed by atoms with E-state index in [2.05, 4.69) is 26.1 Å². The van der Waals surface area contributed by atoms with Crippen LogP contribution in [-0.2, 0) is 9.53 Å². The first kappa shape index (κ1) is 17.4. The summed E-state index contributed by atoms with van der Waals surface area (Å²) in [5.74, 6) is 0.468. The van der Waals surface area contributed by atoms with Gasteiger partial charge in [-0.1, -0.05) is 52.9 Å². The highest BCUT2D eigenvalue weighted by Gasteiger charge is 2.18. The molecular weight excluding hydrogens is 226 g/mol. The van der Waals surface area contributed by atoms with Gasteiger partial charge in [0.25, 0.3) is 0 Å². The quantitative estimate of drug-likeness (QED) is 0.454. The van der Waals surface area contributed by atoms with Crippen molar-refractivity contribution in [3.05, 3.63) is 0 Å². The lowest BCUT2D eigenvalue weighted by molar-refractivity contribution is -0.145. The Balaban J connectivity index is 3.92. The molecule has 3 heteroatoms. The predicted molar refractivity (Wildman–Crippen MR) is 76.6 cm³/mol. The molecule has 0 saturated carbocycles. The van der Waals surface area contributed by atoms with Crippen molar-refractivity contribution >= 4 is 5.97 Å². The van der Waals surface area contributed by atoms with E-state index < -0.39 is 0 Å². The molecule has 18 heavy (non-hydrogen) atoms. The molecule has 108 valence electrons. The number of hydrogen-bond donors (Lipinski definition) is 1. The third-order valence-corrected chi connectivity index (χ3v) is 2.94. The summed E-state index contributed by atoms with van der Waals surface area (Å²) in [6.07, 6.45) is 7.05. The number of unbranched alkanes of at least 4 members (excludes halogenated alkanes) is 4. The number of carbonyl (C=O) groups is 1. The number of nitrogens with one attached hydrogen (secondary N) is 1. The molecular formula is C15H31NO2. The summed E-state index contributed by atoms with van der Waals surface area (Å²) in [5, 5.41) is 3.32. The normalized spacial score (nSPS) is 12.7. The van der Waals surface area contributed by atoms with Gasteiger partial charge in [-0.3, -0.25) is 4.79 Å². The third-order valence-electron chi connectivity index (χ3n) is 2.94. The van der Waals surface area contributed by atoms with Gasteiger partial charge in [-0.2, -0.15) is 0 Å². The summed E-state index contributed by atoms with van der Waals surface area (Å²) in [4.78, 5) is 11.8. The van der Waals surface area contributed by atoms with E-state index in [1.54, 1.807) is 0 Å². The van der Waals surface area contributed by atoms with Crippen LogP contribution < -0.4 is 5.32 Å².